The van der Waals surface area contributed by atoms with Crippen LogP contribution in [0.15, 0.2) is 29.3 Å². The number of thioether (sulfide) groups is 1. The minimum Gasteiger partial charge on any atom is -0.350 e. The normalized spacial score (nSPS) is 17.0. The first kappa shape index (κ1) is 19.3. The summed E-state index contributed by atoms with van der Waals surface area (Å²) < 4.78 is 12.9. The molecule has 1 saturated heterocycles. The van der Waals surface area contributed by atoms with Gasteiger partial charge in [0.05, 0.1) is 0 Å². The second-order valence-corrected chi connectivity index (χ2v) is 7.73. The third kappa shape index (κ3) is 5.23. The van der Waals surface area contributed by atoms with Gasteiger partial charge in [0.25, 0.3) is 0 Å². The van der Waals surface area contributed by atoms with Crippen molar-refractivity contribution in [2.75, 3.05) is 25.9 Å². The number of halogens is 1. The van der Waals surface area contributed by atoms with Crippen LogP contribution in [0, 0.1) is 11.2 Å². The van der Waals surface area contributed by atoms with Crippen molar-refractivity contribution in [2.24, 2.45) is 10.4 Å². The SMILES string of the molecule is CCCCC1(CCC)CN(/C(=N/CCc2ccc(F)cc2)SC)C1. The molecule has 0 spiro atoms. The fraction of sp³-hybridized carbons (Fsp3) is 0.650. The lowest BCUT2D eigenvalue weighted by Crippen LogP contribution is -2.57. The predicted octanol–water partition coefficient (Wildman–Crippen LogP) is 5.38. The number of hydrogen-bond acceptors (Lipinski definition) is 2. The van der Waals surface area contributed by atoms with Gasteiger partial charge in [0, 0.05) is 25.0 Å². The maximum atomic E-state index is 12.9. The lowest BCUT2D eigenvalue weighted by molar-refractivity contribution is 0.0398. The molecule has 24 heavy (non-hydrogen) atoms. The molecule has 134 valence electrons. The van der Waals surface area contributed by atoms with E-state index >= 15 is 0 Å². The molecule has 1 aromatic carbocycles. The molecule has 0 amide bonds. The fourth-order valence-corrected chi connectivity index (χ4v) is 4.26. The van der Waals surface area contributed by atoms with Crippen LogP contribution in [0.5, 0.6) is 0 Å². The first-order valence-corrected chi connectivity index (χ1v) is 10.4. The van der Waals surface area contributed by atoms with Crippen molar-refractivity contribution in [3.63, 3.8) is 0 Å². The van der Waals surface area contributed by atoms with Gasteiger partial charge in [0.2, 0.25) is 0 Å². The molecular formula is C20H31FN2S. The molecule has 4 heteroatoms. The summed E-state index contributed by atoms with van der Waals surface area (Å²) >= 11 is 1.75. The highest BCUT2D eigenvalue weighted by Gasteiger charge is 2.42. The van der Waals surface area contributed by atoms with Crippen LogP contribution < -0.4 is 0 Å². The van der Waals surface area contributed by atoms with Crippen molar-refractivity contribution in [3.05, 3.63) is 35.6 Å². The zero-order chi connectivity index (χ0) is 17.4. The van der Waals surface area contributed by atoms with Crippen LogP contribution in [0.1, 0.15) is 51.5 Å². The maximum Gasteiger partial charge on any atom is 0.158 e. The highest BCUT2D eigenvalue weighted by Crippen LogP contribution is 2.41. The molecular weight excluding hydrogens is 319 g/mol. The number of amidine groups is 1. The van der Waals surface area contributed by atoms with Crippen molar-refractivity contribution in [1.82, 2.24) is 4.90 Å². The highest BCUT2D eigenvalue weighted by molar-refractivity contribution is 8.13. The van der Waals surface area contributed by atoms with Gasteiger partial charge in [0.1, 0.15) is 5.82 Å². The van der Waals surface area contributed by atoms with E-state index in [0.29, 0.717) is 5.41 Å². The fourth-order valence-electron chi connectivity index (χ4n) is 3.65. The first-order valence-electron chi connectivity index (χ1n) is 9.20. The first-order chi connectivity index (χ1) is 11.6. The van der Waals surface area contributed by atoms with Gasteiger partial charge in [-0.15, -0.1) is 0 Å². The van der Waals surface area contributed by atoms with Crippen LogP contribution >= 0.6 is 11.8 Å². The topological polar surface area (TPSA) is 15.6 Å². The van der Waals surface area contributed by atoms with Crippen molar-refractivity contribution in [3.8, 4) is 0 Å². The van der Waals surface area contributed by atoms with E-state index in [1.165, 1.54) is 49.4 Å². The zero-order valence-electron chi connectivity index (χ0n) is 15.4. The summed E-state index contributed by atoms with van der Waals surface area (Å²) in [6.07, 6.45) is 9.56. The van der Waals surface area contributed by atoms with E-state index in [2.05, 4.69) is 25.0 Å². The summed E-state index contributed by atoms with van der Waals surface area (Å²) in [4.78, 5) is 7.24. The van der Waals surface area contributed by atoms with Crippen molar-refractivity contribution in [1.29, 1.82) is 0 Å². The number of rotatable bonds is 8. The molecule has 0 aliphatic carbocycles. The Bertz CT molecular complexity index is 521. The van der Waals surface area contributed by atoms with Crippen LogP contribution in [0.4, 0.5) is 4.39 Å². The zero-order valence-corrected chi connectivity index (χ0v) is 16.2. The lowest BCUT2D eigenvalue weighted by atomic mass is 9.72. The van der Waals surface area contributed by atoms with Crippen LogP contribution in [0.2, 0.25) is 0 Å². The number of likely N-dealkylation sites (tertiary alicyclic amines) is 1. The summed E-state index contributed by atoms with van der Waals surface area (Å²) in [6, 6.07) is 6.75. The summed E-state index contributed by atoms with van der Waals surface area (Å²) in [5.74, 6) is -0.174. The van der Waals surface area contributed by atoms with Gasteiger partial charge in [-0.25, -0.2) is 4.39 Å². The molecule has 1 fully saturated rings. The Morgan fingerprint density at radius 3 is 2.46 bits per heavy atom. The van der Waals surface area contributed by atoms with Crippen molar-refractivity contribution < 1.29 is 4.39 Å². The molecule has 1 aliphatic heterocycles. The van der Waals surface area contributed by atoms with Crippen molar-refractivity contribution in [2.45, 2.75) is 52.4 Å². The third-order valence-electron chi connectivity index (χ3n) is 4.91. The summed E-state index contributed by atoms with van der Waals surface area (Å²) in [6.45, 7) is 7.67. The second-order valence-electron chi connectivity index (χ2n) is 6.95. The van der Waals surface area contributed by atoms with Crippen LogP contribution in [0.25, 0.3) is 0 Å². The summed E-state index contributed by atoms with van der Waals surface area (Å²) in [5.41, 5.74) is 1.67. The average molecular weight is 351 g/mol. The molecule has 1 heterocycles. The minimum absolute atomic E-state index is 0.174. The molecule has 2 nitrogen and oxygen atoms in total. The molecule has 0 bridgehead atoms. The Morgan fingerprint density at radius 1 is 1.17 bits per heavy atom. The van der Waals surface area contributed by atoms with Gasteiger partial charge >= 0.3 is 0 Å². The smallest absolute Gasteiger partial charge is 0.158 e. The standard InChI is InChI=1S/C20H31FN2S/c1-4-6-13-20(12-5-2)15-23(16-20)19(24-3)22-14-11-17-7-9-18(21)10-8-17/h7-10H,4-6,11-16H2,1-3H3/b22-19-. The summed E-state index contributed by atoms with van der Waals surface area (Å²) in [5, 5.41) is 1.17. The van der Waals surface area contributed by atoms with E-state index in [0.717, 1.165) is 31.6 Å². The Morgan fingerprint density at radius 2 is 1.88 bits per heavy atom. The predicted molar refractivity (Wildman–Crippen MR) is 104 cm³/mol. The lowest BCUT2D eigenvalue weighted by Gasteiger charge is -2.52. The van der Waals surface area contributed by atoms with Crippen LogP contribution in [-0.2, 0) is 6.42 Å². The molecule has 0 saturated carbocycles. The van der Waals surface area contributed by atoms with Gasteiger partial charge in [-0.3, -0.25) is 4.99 Å². The van der Waals surface area contributed by atoms with E-state index < -0.39 is 0 Å². The Kier molecular flexibility index (Phi) is 7.60. The number of hydrogen-bond donors (Lipinski definition) is 0. The van der Waals surface area contributed by atoms with Crippen LogP contribution in [-0.4, -0.2) is 36.0 Å². The van der Waals surface area contributed by atoms with E-state index in [4.69, 9.17) is 4.99 Å². The Labute approximate surface area is 150 Å². The maximum absolute atomic E-state index is 12.9. The quantitative estimate of drug-likeness (QED) is 0.462. The van der Waals surface area contributed by atoms with E-state index in [1.807, 2.05) is 12.1 Å². The molecule has 0 N–H and O–H groups in total. The molecule has 1 aromatic rings. The second kappa shape index (κ2) is 9.45. The highest BCUT2D eigenvalue weighted by atomic mass is 32.2. The van der Waals surface area contributed by atoms with Gasteiger partial charge in [-0.2, -0.15) is 0 Å². The van der Waals surface area contributed by atoms with Gasteiger partial charge in [0.15, 0.2) is 5.17 Å². The molecule has 0 aromatic heterocycles. The Balaban J connectivity index is 1.86. The monoisotopic (exact) mass is 350 g/mol. The largest absolute Gasteiger partial charge is 0.350 e. The van der Waals surface area contributed by atoms with Crippen LogP contribution in [0.3, 0.4) is 0 Å². The molecule has 0 unspecified atom stereocenters. The van der Waals surface area contributed by atoms with Crippen molar-refractivity contribution >= 4 is 16.9 Å². The molecule has 2 rings (SSSR count). The number of nitrogens with zero attached hydrogens (tertiary/aromatic N) is 2. The van der Waals surface area contributed by atoms with E-state index in [1.54, 1.807) is 11.8 Å². The summed E-state index contributed by atoms with van der Waals surface area (Å²) in [7, 11) is 0. The van der Waals surface area contributed by atoms with Gasteiger partial charge in [-0.1, -0.05) is 57.0 Å². The minimum atomic E-state index is -0.174. The number of aliphatic imine (C=N–C) groups is 1. The third-order valence-corrected chi connectivity index (χ3v) is 5.66. The molecule has 1 aliphatic rings. The molecule has 0 atom stereocenters. The average Bonchev–Trinajstić information content (AvgIpc) is 2.56. The number of unbranched alkanes of at least 4 members (excludes halogenated alkanes) is 1. The van der Waals surface area contributed by atoms with E-state index in [9.17, 15) is 4.39 Å². The molecule has 0 radical (unpaired) electrons. The Hall–Kier alpha value is -1.03. The van der Waals surface area contributed by atoms with Gasteiger partial charge in [-0.05, 0) is 43.2 Å². The number of benzene rings is 1. The van der Waals surface area contributed by atoms with Gasteiger partial charge < -0.3 is 4.90 Å². The van der Waals surface area contributed by atoms with E-state index in [-0.39, 0.29) is 5.82 Å².